The lowest BCUT2D eigenvalue weighted by molar-refractivity contribution is -0.137. The Labute approximate surface area is 149 Å². The van der Waals surface area contributed by atoms with Gasteiger partial charge in [0.2, 0.25) is 0 Å². The first kappa shape index (κ1) is 18.4. The molecule has 2 heterocycles. The molecule has 8 heteroatoms. The van der Waals surface area contributed by atoms with Crippen LogP contribution >= 0.6 is 0 Å². The number of rotatable bonds is 3. The zero-order chi connectivity index (χ0) is 18.9. The van der Waals surface area contributed by atoms with Gasteiger partial charge in [-0.25, -0.2) is 4.98 Å². The number of aromatic nitrogens is 2. The van der Waals surface area contributed by atoms with E-state index in [2.05, 4.69) is 20.2 Å². The summed E-state index contributed by atoms with van der Waals surface area (Å²) in [5.41, 5.74) is 0.293. The Morgan fingerprint density at radius 1 is 1.31 bits per heavy atom. The molecular weight excluding hydrogens is 345 g/mol. The number of aromatic amines is 1. The van der Waals surface area contributed by atoms with Crippen LogP contribution in [-0.2, 0) is 6.18 Å². The Hall–Kier alpha value is -2.35. The van der Waals surface area contributed by atoms with Crippen LogP contribution in [0.15, 0.2) is 24.3 Å². The Kier molecular flexibility index (Phi) is 5.04. The summed E-state index contributed by atoms with van der Waals surface area (Å²) in [6.07, 6.45) is -2.69. The van der Waals surface area contributed by atoms with Crippen molar-refractivity contribution in [2.75, 3.05) is 20.1 Å². The number of piperidine rings is 1. The molecule has 0 unspecified atom stereocenters. The average molecular weight is 366 g/mol. The Morgan fingerprint density at radius 3 is 2.65 bits per heavy atom. The van der Waals surface area contributed by atoms with Crippen LogP contribution in [0.3, 0.4) is 0 Å². The number of H-pyrrole nitrogens is 1. The summed E-state index contributed by atoms with van der Waals surface area (Å²) in [4.78, 5) is 21.9. The lowest BCUT2D eigenvalue weighted by Gasteiger charge is -2.29. The van der Waals surface area contributed by atoms with Gasteiger partial charge in [-0.1, -0.05) is 12.1 Å². The number of aryl methyl sites for hydroxylation is 1. The maximum Gasteiger partial charge on any atom is 0.416 e. The molecule has 1 aromatic heterocycles. The second-order valence-corrected chi connectivity index (χ2v) is 6.69. The van der Waals surface area contributed by atoms with Crippen molar-refractivity contribution in [2.24, 2.45) is 0 Å². The summed E-state index contributed by atoms with van der Waals surface area (Å²) >= 11 is 0. The van der Waals surface area contributed by atoms with E-state index in [0.29, 0.717) is 11.3 Å². The standard InChI is InChI=1S/C18H21F3N4O/c1-11-15(17(26)23-14-6-8-25(2)9-7-14)24-16(22-11)12-4-3-5-13(10-12)18(19,20)21/h3-5,10,14H,6-9H2,1-2H3,(H,22,24)(H,23,26). The third-order valence-corrected chi connectivity index (χ3v) is 4.62. The molecule has 0 atom stereocenters. The van der Waals surface area contributed by atoms with Gasteiger partial charge in [-0.15, -0.1) is 0 Å². The molecule has 26 heavy (non-hydrogen) atoms. The first-order valence-electron chi connectivity index (χ1n) is 8.47. The maximum atomic E-state index is 12.9. The molecule has 1 saturated heterocycles. The minimum Gasteiger partial charge on any atom is -0.348 e. The molecular formula is C18H21F3N4O. The summed E-state index contributed by atoms with van der Waals surface area (Å²) in [7, 11) is 2.04. The fourth-order valence-electron chi connectivity index (χ4n) is 3.07. The SMILES string of the molecule is Cc1[nH]c(-c2cccc(C(F)(F)F)c2)nc1C(=O)NC1CCN(C)CC1. The first-order valence-corrected chi connectivity index (χ1v) is 8.47. The number of hydrogen-bond donors (Lipinski definition) is 2. The van der Waals surface area contributed by atoms with Crippen LogP contribution in [-0.4, -0.2) is 47.0 Å². The van der Waals surface area contributed by atoms with Gasteiger partial charge >= 0.3 is 6.18 Å². The van der Waals surface area contributed by atoms with E-state index in [9.17, 15) is 18.0 Å². The molecule has 0 saturated carbocycles. The van der Waals surface area contributed by atoms with Crippen LogP contribution in [0.2, 0.25) is 0 Å². The molecule has 1 fully saturated rings. The van der Waals surface area contributed by atoms with Gasteiger partial charge in [-0.3, -0.25) is 4.79 Å². The van der Waals surface area contributed by atoms with E-state index < -0.39 is 11.7 Å². The van der Waals surface area contributed by atoms with E-state index in [0.717, 1.165) is 38.1 Å². The summed E-state index contributed by atoms with van der Waals surface area (Å²) < 4.78 is 38.7. The number of imidazole rings is 1. The molecule has 0 aliphatic carbocycles. The van der Waals surface area contributed by atoms with Crippen molar-refractivity contribution in [1.82, 2.24) is 20.2 Å². The molecule has 0 radical (unpaired) electrons. The number of benzene rings is 1. The molecule has 1 aliphatic heterocycles. The van der Waals surface area contributed by atoms with Crippen LogP contribution in [0.5, 0.6) is 0 Å². The summed E-state index contributed by atoms with van der Waals surface area (Å²) in [5.74, 6) is -0.0475. The smallest absolute Gasteiger partial charge is 0.348 e. The largest absolute Gasteiger partial charge is 0.416 e. The number of nitrogens with zero attached hydrogens (tertiary/aromatic N) is 2. The van der Waals surface area contributed by atoms with Crippen LogP contribution in [0.25, 0.3) is 11.4 Å². The highest BCUT2D eigenvalue weighted by Gasteiger charge is 2.31. The predicted molar refractivity (Wildman–Crippen MR) is 91.7 cm³/mol. The third-order valence-electron chi connectivity index (χ3n) is 4.62. The van der Waals surface area contributed by atoms with Gasteiger partial charge in [0, 0.05) is 17.3 Å². The molecule has 0 spiro atoms. The number of alkyl halides is 3. The van der Waals surface area contributed by atoms with Gasteiger partial charge in [0.1, 0.15) is 11.5 Å². The second kappa shape index (κ2) is 7.11. The summed E-state index contributed by atoms with van der Waals surface area (Å²) in [6, 6.07) is 4.98. The Bertz CT molecular complexity index is 792. The van der Waals surface area contributed by atoms with Crippen molar-refractivity contribution in [3.63, 3.8) is 0 Å². The first-order chi connectivity index (χ1) is 12.2. The van der Waals surface area contributed by atoms with Crippen molar-refractivity contribution in [3.8, 4) is 11.4 Å². The zero-order valence-corrected chi connectivity index (χ0v) is 14.7. The molecule has 1 aromatic carbocycles. The Balaban J connectivity index is 1.78. The molecule has 3 rings (SSSR count). The highest BCUT2D eigenvalue weighted by atomic mass is 19.4. The van der Waals surface area contributed by atoms with Gasteiger partial charge in [0.05, 0.1) is 5.56 Å². The highest BCUT2D eigenvalue weighted by molar-refractivity contribution is 5.94. The molecule has 0 bridgehead atoms. The second-order valence-electron chi connectivity index (χ2n) is 6.69. The molecule has 1 aliphatic rings. The third kappa shape index (κ3) is 4.07. The maximum absolute atomic E-state index is 12.9. The van der Waals surface area contributed by atoms with Crippen LogP contribution in [0.1, 0.15) is 34.6 Å². The molecule has 2 aromatic rings. The van der Waals surface area contributed by atoms with Crippen LogP contribution < -0.4 is 5.32 Å². The topological polar surface area (TPSA) is 61.0 Å². The van der Waals surface area contributed by atoms with Crippen molar-refractivity contribution < 1.29 is 18.0 Å². The fraction of sp³-hybridized carbons (Fsp3) is 0.444. The van der Waals surface area contributed by atoms with Gasteiger partial charge in [-0.05, 0) is 52.0 Å². The number of hydrogen-bond acceptors (Lipinski definition) is 3. The van der Waals surface area contributed by atoms with Gasteiger partial charge < -0.3 is 15.2 Å². The van der Waals surface area contributed by atoms with E-state index in [1.807, 2.05) is 7.05 Å². The van der Waals surface area contributed by atoms with Crippen LogP contribution in [0.4, 0.5) is 13.2 Å². The van der Waals surface area contributed by atoms with Crippen molar-refractivity contribution in [3.05, 3.63) is 41.2 Å². The fourth-order valence-corrected chi connectivity index (χ4v) is 3.07. The number of likely N-dealkylation sites (tertiary alicyclic amines) is 1. The van der Waals surface area contributed by atoms with E-state index >= 15 is 0 Å². The molecule has 5 nitrogen and oxygen atoms in total. The Morgan fingerprint density at radius 2 is 2.00 bits per heavy atom. The average Bonchev–Trinajstić information content (AvgIpc) is 2.98. The van der Waals surface area contributed by atoms with Gasteiger partial charge in [0.15, 0.2) is 0 Å². The summed E-state index contributed by atoms with van der Waals surface area (Å²) in [6.45, 7) is 3.52. The molecule has 2 N–H and O–H groups in total. The van der Waals surface area contributed by atoms with E-state index in [1.54, 1.807) is 6.92 Å². The number of halogens is 3. The van der Waals surface area contributed by atoms with Crippen molar-refractivity contribution in [2.45, 2.75) is 32.0 Å². The number of carbonyl (C=O) groups is 1. The monoisotopic (exact) mass is 366 g/mol. The molecule has 140 valence electrons. The number of carbonyl (C=O) groups excluding carboxylic acids is 1. The lowest BCUT2D eigenvalue weighted by atomic mass is 10.1. The summed E-state index contributed by atoms with van der Waals surface area (Å²) in [5, 5.41) is 2.97. The zero-order valence-electron chi connectivity index (χ0n) is 14.7. The minimum atomic E-state index is -4.42. The van der Waals surface area contributed by atoms with Gasteiger partial charge in [0.25, 0.3) is 5.91 Å². The highest BCUT2D eigenvalue weighted by Crippen LogP contribution is 2.31. The van der Waals surface area contributed by atoms with Gasteiger partial charge in [-0.2, -0.15) is 13.2 Å². The quantitative estimate of drug-likeness (QED) is 0.877. The van der Waals surface area contributed by atoms with Crippen LogP contribution in [0, 0.1) is 6.92 Å². The predicted octanol–water partition coefficient (Wildman–Crippen LogP) is 3.23. The van der Waals surface area contributed by atoms with Crippen molar-refractivity contribution >= 4 is 5.91 Å². The normalized spacial score (nSPS) is 16.7. The lowest BCUT2D eigenvalue weighted by Crippen LogP contribution is -2.43. The minimum absolute atomic E-state index is 0.0896. The van der Waals surface area contributed by atoms with Crippen molar-refractivity contribution in [1.29, 1.82) is 0 Å². The van der Waals surface area contributed by atoms with E-state index in [-0.39, 0.29) is 23.5 Å². The van der Waals surface area contributed by atoms with E-state index in [4.69, 9.17) is 0 Å². The molecule has 1 amide bonds. The van der Waals surface area contributed by atoms with E-state index in [1.165, 1.54) is 12.1 Å². The number of nitrogens with one attached hydrogen (secondary N) is 2. The number of amides is 1.